The Morgan fingerprint density at radius 1 is 1.39 bits per heavy atom. The first-order valence-corrected chi connectivity index (χ1v) is 6.31. The van der Waals surface area contributed by atoms with Gasteiger partial charge >= 0.3 is 5.97 Å². The van der Waals surface area contributed by atoms with Gasteiger partial charge < -0.3 is 20.5 Å². The quantitative estimate of drug-likeness (QED) is 0.616. The highest BCUT2D eigenvalue weighted by Gasteiger charge is 2.35. The Labute approximate surface area is 107 Å². The van der Waals surface area contributed by atoms with E-state index in [1.54, 1.807) is 13.8 Å². The standard InChI is InChI=1S/C12H22N2O4/c1-4-13-9-6-18-5-8(9)11(15)14-10(7(2)3)12(16)17/h7-10,13H,4-6H2,1-3H3,(H,14,15)(H,16,17)/t8?,9?,10-/m0/s1. The summed E-state index contributed by atoms with van der Waals surface area (Å²) < 4.78 is 5.28. The van der Waals surface area contributed by atoms with E-state index in [-0.39, 0.29) is 23.8 Å². The molecule has 1 heterocycles. The summed E-state index contributed by atoms with van der Waals surface area (Å²) in [5.41, 5.74) is 0. The first-order chi connectivity index (χ1) is 8.47. The fraction of sp³-hybridized carbons (Fsp3) is 0.833. The van der Waals surface area contributed by atoms with Crippen LogP contribution in [0.4, 0.5) is 0 Å². The normalized spacial score (nSPS) is 25.1. The average Bonchev–Trinajstić information content (AvgIpc) is 2.73. The van der Waals surface area contributed by atoms with Crippen molar-refractivity contribution < 1.29 is 19.4 Å². The van der Waals surface area contributed by atoms with E-state index in [0.717, 1.165) is 6.54 Å². The Bertz CT molecular complexity index is 306. The molecule has 1 aliphatic heterocycles. The van der Waals surface area contributed by atoms with Crippen LogP contribution < -0.4 is 10.6 Å². The lowest BCUT2D eigenvalue weighted by atomic mass is 9.99. The maximum atomic E-state index is 12.1. The van der Waals surface area contributed by atoms with Crippen molar-refractivity contribution in [1.82, 2.24) is 10.6 Å². The number of aliphatic carboxylic acids is 1. The van der Waals surface area contributed by atoms with Crippen molar-refractivity contribution in [3.8, 4) is 0 Å². The minimum atomic E-state index is -1.00. The zero-order chi connectivity index (χ0) is 13.7. The van der Waals surface area contributed by atoms with Crippen LogP contribution in [-0.4, -0.2) is 48.8 Å². The van der Waals surface area contributed by atoms with Crippen LogP contribution in [0.5, 0.6) is 0 Å². The van der Waals surface area contributed by atoms with E-state index >= 15 is 0 Å². The molecule has 3 atom stereocenters. The summed E-state index contributed by atoms with van der Waals surface area (Å²) in [5.74, 6) is -1.71. The van der Waals surface area contributed by atoms with Gasteiger partial charge in [0.15, 0.2) is 0 Å². The van der Waals surface area contributed by atoms with Crippen LogP contribution >= 0.6 is 0 Å². The summed E-state index contributed by atoms with van der Waals surface area (Å²) in [4.78, 5) is 23.1. The lowest BCUT2D eigenvalue weighted by molar-refractivity contribution is -0.143. The summed E-state index contributed by atoms with van der Waals surface area (Å²) in [6.07, 6.45) is 0. The van der Waals surface area contributed by atoms with Crippen LogP contribution in [0.1, 0.15) is 20.8 Å². The molecular weight excluding hydrogens is 236 g/mol. The van der Waals surface area contributed by atoms with Gasteiger partial charge in [0.2, 0.25) is 5.91 Å². The molecule has 0 spiro atoms. The van der Waals surface area contributed by atoms with E-state index in [2.05, 4.69) is 10.6 Å². The molecule has 1 amide bonds. The van der Waals surface area contributed by atoms with Gasteiger partial charge in [0.05, 0.1) is 19.1 Å². The number of nitrogens with one attached hydrogen (secondary N) is 2. The summed E-state index contributed by atoms with van der Waals surface area (Å²) in [7, 11) is 0. The van der Waals surface area contributed by atoms with Gasteiger partial charge in [-0.3, -0.25) is 4.79 Å². The molecule has 1 rings (SSSR count). The van der Waals surface area contributed by atoms with Gasteiger partial charge in [0.1, 0.15) is 6.04 Å². The number of carboxylic acid groups (broad SMARTS) is 1. The van der Waals surface area contributed by atoms with Gasteiger partial charge in [-0.05, 0) is 12.5 Å². The average molecular weight is 258 g/mol. The molecule has 1 aliphatic rings. The molecule has 0 aromatic carbocycles. The Morgan fingerprint density at radius 2 is 2.06 bits per heavy atom. The van der Waals surface area contributed by atoms with Gasteiger partial charge in [0, 0.05) is 6.04 Å². The second-order valence-corrected chi connectivity index (χ2v) is 4.88. The molecule has 2 unspecified atom stereocenters. The molecular formula is C12H22N2O4. The molecule has 0 aromatic rings. The summed E-state index contributed by atoms with van der Waals surface area (Å²) in [5, 5.41) is 14.8. The molecule has 0 aromatic heterocycles. The largest absolute Gasteiger partial charge is 0.480 e. The van der Waals surface area contributed by atoms with Crippen LogP contribution in [0, 0.1) is 11.8 Å². The first kappa shape index (κ1) is 14.9. The second kappa shape index (κ2) is 6.70. The van der Waals surface area contributed by atoms with Gasteiger partial charge in [-0.15, -0.1) is 0 Å². The molecule has 0 aliphatic carbocycles. The lowest BCUT2D eigenvalue weighted by Gasteiger charge is -2.22. The lowest BCUT2D eigenvalue weighted by Crippen LogP contribution is -2.50. The predicted octanol–water partition coefficient (Wildman–Crippen LogP) is -0.164. The Kier molecular flexibility index (Phi) is 5.55. The number of carbonyl (C=O) groups excluding carboxylic acids is 1. The highest BCUT2D eigenvalue weighted by Crippen LogP contribution is 2.15. The molecule has 6 nitrogen and oxygen atoms in total. The van der Waals surface area contributed by atoms with Crippen molar-refractivity contribution in [1.29, 1.82) is 0 Å². The highest BCUT2D eigenvalue weighted by molar-refractivity contribution is 5.85. The number of carboxylic acids is 1. The molecule has 104 valence electrons. The van der Waals surface area contributed by atoms with Crippen molar-refractivity contribution in [2.24, 2.45) is 11.8 Å². The smallest absolute Gasteiger partial charge is 0.326 e. The summed E-state index contributed by atoms with van der Waals surface area (Å²) in [6, 6.07) is -0.878. The number of hydrogen-bond donors (Lipinski definition) is 3. The SMILES string of the molecule is CCNC1COCC1C(=O)N[C@H](C(=O)O)C(C)C. The number of hydrogen-bond acceptors (Lipinski definition) is 4. The van der Waals surface area contributed by atoms with Crippen LogP contribution in [0.3, 0.4) is 0 Å². The number of amides is 1. The zero-order valence-electron chi connectivity index (χ0n) is 11.1. The van der Waals surface area contributed by atoms with E-state index in [1.807, 2.05) is 6.92 Å². The van der Waals surface area contributed by atoms with Crippen LogP contribution in [-0.2, 0) is 14.3 Å². The second-order valence-electron chi connectivity index (χ2n) is 4.88. The van der Waals surface area contributed by atoms with E-state index in [4.69, 9.17) is 9.84 Å². The maximum Gasteiger partial charge on any atom is 0.326 e. The van der Waals surface area contributed by atoms with Gasteiger partial charge in [-0.25, -0.2) is 4.79 Å². The third-order valence-corrected chi connectivity index (χ3v) is 3.11. The summed E-state index contributed by atoms with van der Waals surface area (Å²) >= 11 is 0. The molecule has 0 radical (unpaired) electrons. The first-order valence-electron chi connectivity index (χ1n) is 6.31. The zero-order valence-corrected chi connectivity index (χ0v) is 11.1. The van der Waals surface area contributed by atoms with Gasteiger partial charge in [-0.2, -0.15) is 0 Å². The van der Waals surface area contributed by atoms with Crippen molar-refractivity contribution in [2.45, 2.75) is 32.9 Å². The Balaban J connectivity index is 2.60. The Morgan fingerprint density at radius 3 is 2.56 bits per heavy atom. The van der Waals surface area contributed by atoms with Crippen LogP contribution in [0.2, 0.25) is 0 Å². The third-order valence-electron chi connectivity index (χ3n) is 3.11. The maximum absolute atomic E-state index is 12.1. The third kappa shape index (κ3) is 3.68. The predicted molar refractivity (Wildman–Crippen MR) is 66.2 cm³/mol. The minimum absolute atomic E-state index is 0.0309. The molecule has 3 N–H and O–H groups in total. The van der Waals surface area contributed by atoms with E-state index < -0.39 is 12.0 Å². The molecule has 1 saturated heterocycles. The van der Waals surface area contributed by atoms with Crippen LogP contribution in [0.15, 0.2) is 0 Å². The van der Waals surface area contributed by atoms with Gasteiger partial charge in [0.25, 0.3) is 0 Å². The van der Waals surface area contributed by atoms with Crippen molar-refractivity contribution in [3.05, 3.63) is 0 Å². The fourth-order valence-corrected chi connectivity index (χ4v) is 2.05. The van der Waals surface area contributed by atoms with Gasteiger partial charge in [-0.1, -0.05) is 20.8 Å². The van der Waals surface area contributed by atoms with Crippen molar-refractivity contribution >= 4 is 11.9 Å². The van der Waals surface area contributed by atoms with Crippen molar-refractivity contribution in [2.75, 3.05) is 19.8 Å². The monoisotopic (exact) mass is 258 g/mol. The summed E-state index contributed by atoms with van der Waals surface area (Å²) in [6.45, 7) is 7.09. The Hall–Kier alpha value is -1.14. The molecule has 6 heteroatoms. The van der Waals surface area contributed by atoms with E-state index in [9.17, 15) is 9.59 Å². The van der Waals surface area contributed by atoms with E-state index in [0.29, 0.717) is 13.2 Å². The number of ether oxygens (including phenoxy) is 1. The highest BCUT2D eigenvalue weighted by atomic mass is 16.5. The number of likely N-dealkylation sites (N-methyl/N-ethyl adjacent to an activating group) is 1. The molecule has 18 heavy (non-hydrogen) atoms. The number of carbonyl (C=O) groups is 2. The van der Waals surface area contributed by atoms with Crippen LogP contribution in [0.25, 0.3) is 0 Å². The van der Waals surface area contributed by atoms with Crippen molar-refractivity contribution in [3.63, 3.8) is 0 Å². The fourth-order valence-electron chi connectivity index (χ4n) is 2.05. The topological polar surface area (TPSA) is 87.7 Å². The molecule has 1 fully saturated rings. The number of rotatable bonds is 6. The molecule has 0 saturated carbocycles. The van der Waals surface area contributed by atoms with E-state index in [1.165, 1.54) is 0 Å². The minimum Gasteiger partial charge on any atom is -0.480 e. The molecule has 0 bridgehead atoms.